The van der Waals surface area contributed by atoms with E-state index in [4.69, 9.17) is 11.5 Å². The van der Waals surface area contributed by atoms with Crippen molar-refractivity contribution in [3.63, 3.8) is 0 Å². The largest absolute Gasteiger partial charge is 0.394 e. The van der Waals surface area contributed by atoms with Gasteiger partial charge in [0.2, 0.25) is 82.7 Å². The monoisotopic (exact) mass is 1370 g/mol. The second-order valence-corrected chi connectivity index (χ2v) is 24.9. The molecule has 35 heteroatoms. The van der Waals surface area contributed by atoms with Crippen LogP contribution in [0.1, 0.15) is 90.8 Å². The minimum Gasteiger partial charge on any atom is -0.394 e. The van der Waals surface area contributed by atoms with Crippen molar-refractivity contribution in [3.8, 4) is 0 Å². The molecule has 0 aliphatic rings. The van der Waals surface area contributed by atoms with Gasteiger partial charge < -0.3 is 95.2 Å². The molecule has 95 heavy (non-hydrogen) atoms. The molecular weight excluding hydrogens is 1280 g/mol. The van der Waals surface area contributed by atoms with Crippen LogP contribution in [-0.2, 0) is 80.0 Å². The number of rotatable bonds is 44. The number of nitrogens with zero attached hydrogens (tertiary/aromatic N) is 2. The molecule has 0 radical (unpaired) electrons. The number of hydrogen-bond donors (Lipinski definition) is 18. The van der Waals surface area contributed by atoms with Crippen molar-refractivity contribution in [2.24, 2.45) is 23.3 Å². The van der Waals surface area contributed by atoms with Gasteiger partial charge in [-0.2, -0.15) is 24.4 Å². The lowest BCUT2D eigenvalue weighted by Gasteiger charge is -2.26. The average molecular weight is 1370 g/mol. The van der Waals surface area contributed by atoms with Crippen LogP contribution in [0.15, 0.2) is 43.0 Å². The van der Waals surface area contributed by atoms with Gasteiger partial charge in [0.05, 0.1) is 32.6 Å². The first kappa shape index (κ1) is 80.4. The van der Waals surface area contributed by atoms with Crippen molar-refractivity contribution >= 4 is 118 Å². The van der Waals surface area contributed by atoms with Crippen molar-refractivity contribution < 1.29 is 72.2 Å². The molecule has 33 nitrogen and oxygen atoms in total. The minimum atomic E-state index is -1.42. The second kappa shape index (κ2) is 41.8. The van der Waals surface area contributed by atoms with Crippen molar-refractivity contribution in [3.05, 3.63) is 54.2 Å². The highest BCUT2D eigenvalue weighted by atomic mass is 32.2. The second-order valence-electron chi connectivity index (χ2n) is 23.6. The van der Waals surface area contributed by atoms with Crippen LogP contribution < -0.4 is 75.3 Å². The zero-order chi connectivity index (χ0) is 70.9. The Labute approximate surface area is 560 Å². The number of likely N-dealkylation sites (N-methyl/N-ethyl adjacent to an activating group) is 1. The summed E-state index contributed by atoms with van der Waals surface area (Å²) in [7, 11) is 3.27. The maximum absolute atomic E-state index is 14.3. The molecule has 0 aliphatic heterocycles. The number of H-pyrrole nitrogens is 2. The average Bonchev–Trinajstić information content (AvgIpc) is 1.72. The van der Waals surface area contributed by atoms with E-state index in [0.29, 0.717) is 27.9 Å². The minimum absolute atomic E-state index is 0.0569. The molecule has 0 unspecified atom stereocenters. The summed E-state index contributed by atoms with van der Waals surface area (Å²) in [4.78, 5) is 196. The maximum atomic E-state index is 14.3. The number of carbonyl (C=O) groups excluding carboxylic acids is 14. The number of primary amides is 2. The Bertz CT molecular complexity index is 3090. The third-order valence-electron chi connectivity index (χ3n) is 14.4. The van der Waals surface area contributed by atoms with Gasteiger partial charge >= 0.3 is 0 Å². The van der Waals surface area contributed by atoms with E-state index < -0.39 is 163 Å². The number of amides is 14. The predicted octanol–water partition coefficient (Wildman–Crippen LogP) is -4.73. The summed E-state index contributed by atoms with van der Waals surface area (Å²) in [6.07, 6.45) is 6.08. The van der Waals surface area contributed by atoms with Crippen LogP contribution in [-0.4, -0.2) is 227 Å². The van der Waals surface area contributed by atoms with Crippen molar-refractivity contribution in [1.82, 2.24) is 83.7 Å². The number of nitrogens with two attached hydrogens (primary N) is 2. The number of thioether (sulfide) groups is 1. The smallest absolute Gasteiger partial charge is 0.245 e. The number of carbonyl (C=O) groups is 14. The Morgan fingerprint density at radius 2 is 1.19 bits per heavy atom. The molecule has 0 saturated carbocycles. The van der Waals surface area contributed by atoms with Gasteiger partial charge in [-0.05, 0) is 88.6 Å². The number of imidazole rings is 1. The van der Waals surface area contributed by atoms with Crippen molar-refractivity contribution in [2.45, 2.75) is 147 Å². The molecule has 0 spiro atoms. The van der Waals surface area contributed by atoms with Crippen LogP contribution in [0.25, 0.3) is 10.9 Å². The molecule has 2 heterocycles. The van der Waals surface area contributed by atoms with E-state index >= 15 is 0 Å². The van der Waals surface area contributed by atoms with Gasteiger partial charge in [0.25, 0.3) is 0 Å². The number of hydrogen-bond acceptors (Lipinski definition) is 19. The van der Waals surface area contributed by atoms with E-state index in [1.54, 1.807) is 63.3 Å². The Balaban J connectivity index is 1.66. The molecule has 0 bridgehead atoms. The highest BCUT2D eigenvalue weighted by molar-refractivity contribution is 7.98. The van der Waals surface area contributed by atoms with E-state index in [-0.39, 0.29) is 82.5 Å². The lowest BCUT2D eigenvalue weighted by Crippen LogP contribution is -2.59. The fraction of sp³-hybridized carbons (Fsp3) is 0.583. The predicted molar refractivity (Wildman–Crippen MR) is 355 cm³/mol. The molecule has 9 atom stereocenters. The molecule has 0 fully saturated rings. The summed E-state index contributed by atoms with van der Waals surface area (Å²) >= 11 is 5.54. The third-order valence-corrected chi connectivity index (χ3v) is 15.4. The number of benzene rings is 1. The van der Waals surface area contributed by atoms with Crippen molar-refractivity contribution in [2.75, 3.05) is 64.6 Å². The molecule has 526 valence electrons. The van der Waals surface area contributed by atoms with Gasteiger partial charge in [0.15, 0.2) is 0 Å². The molecule has 3 aromatic rings. The number of thiol groups is 1. The summed E-state index contributed by atoms with van der Waals surface area (Å²) in [5.41, 5.74) is 12.7. The summed E-state index contributed by atoms with van der Waals surface area (Å²) in [5.74, 6) is -10.9. The number of fused-ring (bicyclic) bond motifs is 1. The van der Waals surface area contributed by atoms with E-state index in [1.165, 1.54) is 31.2 Å². The Kier molecular flexibility index (Phi) is 35.4. The molecule has 19 N–H and O–H groups in total. The van der Waals surface area contributed by atoms with Gasteiger partial charge in [0, 0.05) is 67.0 Å². The van der Waals surface area contributed by atoms with Gasteiger partial charge in [-0.25, -0.2) is 4.98 Å². The lowest BCUT2D eigenvalue weighted by molar-refractivity contribution is -0.135. The van der Waals surface area contributed by atoms with E-state index in [2.05, 4.69) is 91.4 Å². The van der Waals surface area contributed by atoms with E-state index in [9.17, 15) is 72.2 Å². The van der Waals surface area contributed by atoms with Crippen LogP contribution in [0.4, 0.5) is 0 Å². The number of aromatic amines is 2. The first-order chi connectivity index (χ1) is 45.0. The van der Waals surface area contributed by atoms with Crippen LogP contribution >= 0.6 is 24.4 Å². The highest BCUT2D eigenvalue weighted by Gasteiger charge is 2.34. The summed E-state index contributed by atoms with van der Waals surface area (Å²) in [5, 5.41) is 40.9. The number of aliphatic hydroxyl groups is 1. The maximum Gasteiger partial charge on any atom is 0.245 e. The topological polar surface area (TPSA) is 503 Å². The third kappa shape index (κ3) is 29.6. The van der Waals surface area contributed by atoms with Crippen LogP contribution in [0.3, 0.4) is 0 Å². The molecule has 0 aliphatic carbocycles. The SMILES string of the molecule is CSCC[C@H](NC(=O)[C@H](CC(C)C)NC(=O)[C@H](Cc1cnc[nH]1)NC(=O)CNC(=O)[C@@H](NC(=O)[C@H](C)NC(=O)[C@H](Cc1c[nH]c2ccccc12)NC(=O)[C@H](CCC(N)=O)NC(=O)CCCCNC(=O)CNC(=O)[C@H](CS)NC(=O)[C@H](CO)NC(=O)CN(C)C)C(C)C)C(N)=O. The normalized spacial score (nSPS) is 14.0. The van der Waals surface area contributed by atoms with E-state index in [1.807, 2.05) is 20.1 Å². The number of aliphatic hydroxyl groups excluding tert-OH is 1. The zero-order valence-corrected chi connectivity index (χ0v) is 56.5. The molecule has 1 aromatic carbocycles. The number of unbranched alkanes of at least 4 members (excludes halogenated alkanes) is 1. The number of nitrogens with one attached hydrogen (secondary N) is 14. The zero-order valence-electron chi connectivity index (χ0n) is 54.8. The molecule has 14 amide bonds. The van der Waals surface area contributed by atoms with E-state index in [0.717, 1.165) is 0 Å². The molecular formula is C60H94N18O15S2. The Morgan fingerprint density at radius 1 is 0.600 bits per heavy atom. The summed E-state index contributed by atoms with van der Waals surface area (Å²) in [6, 6.07) is -4.33. The fourth-order valence-electron chi connectivity index (χ4n) is 9.31. The number of aromatic nitrogens is 3. The Hall–Kier alpha value is -8.83. The first-order valence-electron chi connectivity index (χ1n) is 30.9. The van der Waals surface area contributed by atoms with Crippen molar-refractivity contribution in [1.29, 1.82) is 0 Å². The van der Waals surface area contributed by atoms with Crippen LogP contribution in [0.2, 0.25) is 0 Å². The molecule has 3 rings (SSSR count). The standard InChI is InChI=1S/C60H94N18O15S2/c1-32(2)21-41(57(90)73-39(52(62)85)18-20-95-8)74-58(91)43(23-36-25-63-31-68-36)71-49(83)27-67-60(93)51(33(3)4)77-53(86)34(5)69-56(89)42(22-35-24-65-38-14-10-9-13-37(35)38)75-55(88)40(16-17-46(61)80)70-47(81)15-11-12-19-64-48(82)26-66-54(87)45(30-94)76-59(92)44(29-79)72-50(84)28-78(6)7/h9-10,13-14,24-25,31-34,39-45,51,65,79,94H,11-12,15-23,26-30H2,1-8H3,(H2,61,80)(H2,62,85)(H,63,68)(H,64,82)(H,66,87)(H,67,93)(H,69,89)(H,70,81)(H,71,83)(H,72,84)(H,73,90)(H,74,91)(H,75,88)(H,76,92)(H,77,86)/t34-,39-,40-,41-,42-,43-,44-,45-,51-/m0/s1. The molecule has 0 saturated heterocycles. The van der Waals surface area contributed by atoms with Crippen LogP contribution in [0, 0.1) is 11.8 Å². The summed E-state index contributed by atoms with van der Waals surface area (Å²) < 4.78 is 0. The van der Waals surface area contributed by atoms with Gasteiger partial charge in [0.1, 0.15) is 54.4 Å². The first-order valence-corrected chi connectivity index (χ1v) is 33.0. The fourth-order valence-corrected chi connectivity index (χ4v) is 10.0. The summed E-state index contributed by atoms with van der Waals surface area (Å²) in [6.45, 7) is 6.31. The number of para-hydroxylation sites is 1. The Morgan fingerprint density at radius 3 is 1.81 bits per heavy atom. The van der Waals surface area contributed by atoms with Gasteiger partial charge in [-0.1, -0.05) is 45.9 Å². The van der Waals surface area contributed by atoms with Crippen LogP contribution in [0.5, 0.6) is 0 Å². The van der Waals surface area contributed by atoms with Gasteiger partial charge in [-0.3, -0.25) is 67.1 Å². The lowest BCUT2D eigenvalue weighted by atomic mass is 10.0. The highest BCUT2D eigenvalue weighted by Crippen LogP contribution is 2.20. The van der Waals surface area contributed by atoms with Gasteiger partial charge in [-0.15, -0.1) is 0 Å². The molecule has 2 aromatic heterocycles. The quantitative estimate of drug-likeness (QED) is 0.0187.